The number of carbonyl (C=O) groups excluding carboxylic acids is 1. The van der Waals surface area contributed by atoms with E-state index in [0.29, 0.717) is 18.2 Å². The van der Waals surface area contributed by atoms with Gasteiger partial charge in [-0.3, -0.25) is 9.69 Å². The molecule has 2 aromatic rings. The van der Waals surface area contributed by atoms with Gasteiger partial charge in [0.25, 0.3) is 5.91 Å². The fraction of sp³-hybridized carbons (Fsp3) is 0.667. The molecule has 1 aliphatic heterocycles. The lowest BCUT2D eigenvalue weighted by molar-refractivity contribution is 0.0944. The Hall–Kier alpha value is -2.53. The average molecular weight is 438 g/mol. The molecule has 0 spiro atoms. The number of anilines is 1. The number of aromatic nitrogens is 5. The number of hydrogen-bond donors (Lipinski definition) is 2. The maximum Gasteiger partial charge on any atom is 0.292 e. The van der Waals surface area contributed by atoms with Crippen molar-refractivity contribution in [2.24, 2.45) is 11.0 Å². The second kappa shape index (κ2) is 10.5. The molecule has 0 radical (unpaired) electrons. The standard InChI is InChI=1S/C18H27N9O2.ClH/c19-16-17(24-29-23-16)27-15(14(21-25-27)12-26-9-5-2-6-10-26)18(28)22-20-11-13-7-3-1-4-8-13;/h11,13H,1-10,12H2,(H2,19,23)(H,22,28);1H/b20-11+;. The minimum atomic E-state index is -0.406. The van der Waals surface area contributed by atoms with Gasteiger partial charge in [0.15, 0.2) is 5.69 Å². The second-order valence-corrected chi connectivity index (χ2v) is 7.72. The first-order chi connectivity index (χ1) is 14.2. The van der Waals surface area contributed by atoms with Crippen molar-refractivity contribution in [2.45, 2.75) is 57.9 Å². The number of hydrazone groups is 1. The van der Waals surface area contributed by atoms with Crippen molar-refractivity contribution in [1.82, 2.24) is 35.6 Å². The number of rotatable bonds is 6. The van der Waals surface area contributed by atoms with E-state index in [1.54, 1.807) is 0 Å². The zero-order valence-electron chi connectivity index (χ0n) is 16.9. The predicted octanol–water partition coefficient (Wildman–Crippen LogP) is 1.94. The Balaban J connectivity index is 0.00000256. The summed E-state index contributed by atoms with van der Waals surface area (Å²) in [5.41, 5.74) is 9.23. The number of likely N-dealkylation sites (tertiary alicyclic amines) is 1. The van der Waals surface area contributed by atoms with Gasteiger partial charge < -0.3 is 5.73 Å². The molecule has 1 amide bonds. The lowest BCUT2D eigenvalue weighted by Crippen LogP contribution is -2.31. The van der Waals surface area contributed by atoms with Crippen LogP contribution in [-0.2, 0) is 6.54 Å². The third-order valence-corrected chi connectivity index (χ3v) is 5.57. The minimum absolute atomic E-state index is 0. The maximum atomic E-state index is 13.0. The first kappa shape index (κ1) is 22.2. The van der Waals surface area contributed by atoms with Crippen LogP contribution < -0.4 is 11.2 Å². The largest absolute Gasteiger partial charge is 0.378 e. The number of carbonyl (C=O) groups is 1. The number of piperidine rings is 1. The van der Waals surface area contributed by atoms with E-state index >= 15 is 0 Å². The van der Waals surface area contributed by atoms with Crippen LogP contribution in [0.25, 0.3) is 5.82 Å². The second-order valence-electron chi connectivity index (χ2n) is 7.72. The van der Waals surface area contributed by atoms with Crippen molar-refractivity contribution < 1.29 is 9.42 Å². The summed E-state index contributed by atoms with van der Waals surface area (Å²) < 4.78 is 5.94. The fourth-order valence-electron chi connectivity index (χ4n) is 4.00. The Morgan fingerprint density at radius 2 is 1.90 bits per heavy atom. The Kier molecular flexibility index (Phi) is 7.75. The quantitative estimate of drug-likeness (QED) is 0.515. The molecule has 2 fully saturated rings. The molecule has 2 aliphatic rings. The van der Waals surface area contributed by atoms with Crippen LogP contribution in [0.5, 0.6) is 0 Å². The molecule has 2 aromatic heterocycles. The van der Waals surface area contributed by atoms with Crippen LogP contribution in [0.1, 0.15) is 67.5 Å². The molecule has 12 heteroatoms. The summed E-state index contributed by atoms with van der Waals surface area (Å²) in [5.74, 6) is 0.190. The normalized spacial score (nSPS) is 18.4. The van der Waals surface area contributed by atoms with Crippen molar-refractivity contribution in [1.29, 1.82) is 0 Å². The molecular formula is C18H28ClN9O2. The number of hydrogen-bond acceptors (Lipinski definition) is 9. The molecule has 0 bridgehead atoms. The molecule has 30 heavy (non-hydrogen) atoms. The summed E-state index contributed by atoms with van der Waals surface area (Å²) >= 11 is 0. The number of halogens is 1. The van der Waals surface area contributed by atoms with Gasteiger partial charge in [-0.25, -0.2) is 10.1 Å². The highest BCUT2D eigenvalue weighted by molar-refractivity contribution is 5.94. The van der Waals surface area contributed by atoms with Gasteiger partial charge in [-0.2, -0.15) is 9.78 Å². The summed E-state index contributed by atoms with van der Waals surface area (Å²) in [5, 5.41) is 19.8. The van der Waals surface area contributed by atoms with Crippen molar-refractivity contribution in [2.75, 3.05) is 18.8 Å². The van der Waals surface area contributed by atoms with Gasteiger partial charge in [-0.05, 0) is 55.0 Å². The van der Waals surface area contributed by atoms with E-state index in [-0.39, 0.29) is 29.7 Å². The van der Waals surface area contributed by atoms with Crippen LogP contribution in [0.4, 0.5) is 5.82 Å². The Labute approximate surface area is 180 Å². The molecule has 1 saturated heterocycles. The number of nitrogens with two attached hydrogens (primary N) is 1. The number of nitrogen functional groups attached to an aromatic ring is 1. The van der Waals surface area contributed by atoms with Crippen LogP contribution in [0.3, 0.4) is 0 Å². The van der Waals surface area contributed by atoms with Crippen LogP contribution >= 0.6 is 12.4 Å². The van der Waals surface area contributed by atoms with Gasteiger partial charge >= 0.3 is 0 Å². The summed E-state index contributed by atoms with van der Waals surface area (Å²) in [4.78, 5) is 15.2. The smallest absolute Gasteiger partial charge is 0.292 e. The third-order valence-electron chi connectivity index (χ3n) is 5.57. The van der Waals surface area contributed by atoms with Crippen molar-refractivity contribution >= 4 is 30.3 Å². The topological polar surface area (TPSA) is 140 Å². The average Bonchev–Trinajstić information content (AvgIpc) is 3.35. The molecule has 3 N–H and O–H groups in total. The number of amides is 1. The molecule has 1 saturated carbocycles. The van der Waals surface area contributed by atoms with E-state index in [4.69, 9.17) is 5.73 Å². The third kappa shape index (κ3) is 5.14. The molecule has 4 rings (SSSR count). The Morgan fingerprint density at radius 1 is 1.17 bits per heavy atom. The van der Waals surface area contributed by atoms with Crippen LogP contribution in [0.15, 0.2) is 9.73 Å². The summed E-state index contributed by atoms with van der Waals surface area (Å²) in [6.45, 7) is 2.48. The molecule has 164 valence electrons. The van der Waals surface area contributed by atoms with Gasteiger partial charge in [0.2, 0.25) is 11.6 Å². The van der Waals surface area contributed by atoms with E-state index in [9.17, 15) is 4.79 Å². The number of nitrogens with one attached hydrogen (secondary N) is 1. The first-order valence-corrected chi connectivity index (χ1v) is 10.3. The van der Waals surface area contributed by atoms with E-state index < -0.39 is 5.91 Å². The summed E-state index contributed by atoms with van der Waals surface area (Å²) in [6.07, 6.45) is 11.3. The van der Waals surface area contributed by atoms with Gasteiger partial charge in [0.05, 0.1) is 0 Å². The van der Waals surface area contributed by atoms with E-state index in [1.165, 1.54) is 30.4 Å². The minimum Gasteiger partial charge on any atom is -0.378 e. The highest BCUT2D eigenvalue weighted by Gasteiger charge is 2.26. The SMILES string of the molecule is Cl.Nc1nonc1-n1nnc(CN2CCCCC2)c1C(=O)N/N=C/C1CCCCC1. The maximum absolute atomic E-state index is 13.0. The first-order valence-electron chi connectivity index (χ1n) is 10.3. The molecule has 11 nitrogen and oxygen atoms in total. The lowest BCUT2D eigenvalue weighted by atomic mass is 9.90. The zero-order chi connectivity index (χ0) is 20.1. The van der Waals surface area contributed by atoms with Crippen molar-refractivity contribution in [3.63, 3.8) is 0 Å². The van der Waals surface area contributed by atoms with Gasteiger partial charge in [0, 0.05) is 12.8 Å². The Morgan fingerprint density at radius 3 is 2.60 bits per heavy atom. The molecule has 0 aromatic carbocycles. The van der Waals surface area contributed by atoms with Gasteiger partial charge in [-0.1, -0.05) is 30.9 Å². The monoisotopic (exact) mass is 437 g/mol. The summed E-state index contributed by atoms with van der Waals surface area (Å²) in [7, 11) is 0. The van der Waals surface area contributed by atoms with E-state index in [0.717, 1.165) is 38.8 Å². The summed E-state index contributed by atoms with van der Waals surface area (Å²) in [6, 6.07) is 0. The molecule has 3 heterocycles. The van der Waals surface area contributed by atoms with Crippen LogP contribution in [0.2, 0.25) is 0 Å². The van der Waals surface area contributed by atoms with Gasteiger partial charge in [0.1, 0.15) is 5.69 Å². The van der Waals surface area contributed by atoms with E-state index in [2.05, 4.69) is 40.7 Å². The highest BCUT2D eigenvalue weighted by Crippen LogP contribution is 2.22. The lowest BCUT2D eigenvalue weighted by Gasteiger charge is -2.25. The zero-order valence-corrected chi connectivity index (χ0v) is 17.7. The molecule has 0 unspecified atom stereocenters. The van der Waals surface area contributed by atoms with Crippen molar-refractivity contribution in [3.8, 4) is 5.82 Å². The van der Waals surface area contributed by atoms with Crippen molar-refractivity contribution in [3.05, 3.63) is 11.4 Å². The Bertz CT molecular complexity index is 854. The number of nitrogens with zero attached hydrogens (tertiary/aromatic N) is 7. The predicted molar refractivity (Wildman–Crippen MR) is 113 cm³/mol. The molecule has 0 atom stereocenters. The highest BCUT2D eigenvalue weighted by atomic mass is 35.5. The molecular weight excluding hydrogens is 410 g/mol. The van der Waals surface area contributed by atoms with Gasteiger partial charge in [-0.15, -0.1) is 17.5 Å². The van der Waals surface area contributed by atoms with Crippen LogP contribution in [0, 0.1) is 5.92 Å². The van der Waals surface area contributed by atoms with E-state index in [1.807, 2.05) is 6.21 Å². The van der Waals surface area contributed by atoms with Crippen LogP contribution in [-0.4, -0.2) is 55.4 Å². The molecule has 1 aliphatic carbocycles. The fourth-order valence-corrected chi connectivity index (χ4v) is 4.00.